The van der Waals surface area contributed by atoms with Crippen molar-refractivity contribution < 1.29 is 14.6 Å². The van der Waals surface area contributed by atoms with E-state index in [0.29, 0.717) is 17.6 Å². The average Bonchev–Trinajstić information content (AvgIpc) is 3.48. The molecule has 0 spiro atoms. The first-order valence-corrected chi connectivity index (χ1v) is 14.4. The van der Waals surface area contributed by atoms with Crippen molar-refractivity contribution in [1.82, 2.24) is 9.80 Å². The Morgan fingerprint density at radius 3 is 2.34 bits per heavy atom. The zero-order valence-electron chi connectivity index (χ0n) is 23.4. The van der Waals surface area contributed by atoms with E-state index in [9.17, 15) is 5.11 Å². The van der Waals surface area contributed by atoms with Crippen molar-refractivity contribution in [2.75, 3.05) is 40.4 Å². The highest BCUT2D eigenvalue weighted by Crippen LogP contribution is 2.39. The molecule has 3 atom stereocenters. The Hall–Kier alpha value is -2.76. The van der Waals surface area contributed by atoms with Crippen LogP contribution in [0.5, 0.6) is 5.75 Å². The number of phenols is 1. The summed E-state index contributed by atoms with van der Waals surface area (Å²) in [5.74, 6) is 2.85. The van der Waals surface area contributed by atoms with Crippen LogP contribution in [0.1, 0.15) is 48.4 Å². The minimum atomic E-state index is 0.229. The number of ether oxygens (including phenoxy) is 2. The summed E-state index contributed by atoms with van der Waals surface area (Å²) in [5, 5.41) is 9.95. The van der Waals surface area contributed by atoms with Crippen LogP contribution in [0, 0.1) is 11.8 Å². The molecule has 2 aliphatic carbocycles. The molecule has 0 bridgehead atoms. The van der Waals surface area contributed by atoms with Gasteiger partial charge in [-0.25, -0.2) is 0 Å². The molecule has 2 aromatic rings. The Morgan fingerprint density at radius 1 is 0.921 bits per heavy atom. The third-order valence-corrected chi connectivity index (χ3v) is 8.90. The summed E-state index contributed by atoms with van der Waals surface area (Å²) < 4.78 is 11.5. The standard InChI is InChI=1S/C33H44N2O3/c1-4-35(23-25-9-7-24(8-10-25)15-18-34-16-5-6-17-34)31-22-33(38-3)32(37-2)21-30(31)28-12-11-27-20-29(36)14-13-26(27)19-28/h7-10,13-14,20-22,28,30-31,36H,4-6,11-12,15-19,23H2,1-3H3/t28-,30?,31?/m1/s1. The molecule has 2 unspecified atom stereocenters. The van der Waals surface area contributed by atoms with Crippen LogP contribution in [0.3, 0.4) is 0 Å². The normalized spacial score (nSPS) is 23.6. The van der Waals surface area contributed by atoms with Crippen LogP contribution in [0.4, 0.5) is 0 Å². The molecule has 1 N–H and O–H groups in total. The van der Waals surface area contributed by atoms with E-state index < -0.39 is 0 Å². The minimum Gasteiger partial charge on any atom is -0.508 e. The maximum atomic E-state index is 9.95. The molecule has 1 fully saturated rings. The number of methoxy groups -OCH3 is 2. The lowest BCUT2D eigenvalue weighted by Gasteiger charge is -2.41. The zero-order valence-corrected chi connectivity index (χ0v) is 23.4. The molecular weight excluding hydrogens is 472 g/mol. The van der Waals surface area contributed by atoms with E-state index in [0.717, 1.165) is 50.3 Å². The third-order valence-electron chi connectivity index (χ3n) is 8.90. The number of fused-ring (bicyclic) bond motifs is 1. The summed E-state index contributed by atoms with van der Waals surface area (Å²) in [5.41, 5.74) is 5.43. The number of benzene rings is 2. The molecule has 38 heavy (non-hydrogen) atoms. The SMILES string of the molecule is CCN(Cc1ccc(CCN2CCCC2)cc1)C1C=C(OC)C(OC)=CC1[C@@H]1CCc2cc(O)ccc2C1. The number of phenolic OH excluding ortho intramolecular Hbond substituents is 1. The fourth-order valence-electron chi connectivity index (χ4n) is 6.67. The molecule has 5 nitrogen and oxygen atoms in total. The molecule has 1 aliphatic heterocycles. The van der Waals surface area contributed by atoms with Crippen molar-refractivity contribution in [1.29, 1.82) is 0 Å². The number of aryl methyl sites for hydroxylation is 1. The van der Waals surface area contributed by atoms with Crippen LogP contribution in [-0.4, -0.2) is 61.3 Å². The van der Waals surface area contributed by atoms with Gasteiger partial charge in [-0.2, -0.15) is 0 Å². The van der Waals surface area contributed by atoms with Gasteiger partial charge in [0.1, 0.15) is 5.75 Å². The lowest BCUT2D eigenvalue weighted by atomic mass is 9.72. The highest BCUT2D eigenvalue weighted by molar-refractivity contribution is 5.38. The van der Waals surface area contributed by atoms with Gasteiger partial charge in [-0.05, 0) is 111 Å². The van der Waals surface area contributed by atoms with Crippen LogP contribution in [0.2, 0.25) is 0 Å². The van der Waals surface area contributed by atoms with E-state index in [1.807, 2.05) is 12.1 Å². The first kappa shape index (κ1) is 26.8. The van der Waals surface area contributed by atoms with Gasteiger partial charge in [-0.1, -0.05) is 37.3 Å². The summed E-state index contributed by atoms with van der Waals surface area (Å²) in [4.78, 5) is 5.17. The fraction of sp³-hybridized carbons (Fsp3) is 0.515. The van der Waals surface area contributed by atoms with E-state index in [2.05, 4.69) is 59.2 Å². The van der Waals surface area contributed by atoms with Gasteiger partial charge in [0.2, 0.25) is 0 Å². The Labute approximate surface area is 228 Å². The molecule has 0 saturated carbocycles. The van der Waals surface area contributed by atoms with E-state index in [4.69, 9.17) is 9.47 Å². The summed E-state index contributed by atoms with van der Waals surface area (Å²) in [6.07, 6.45) is 11.5. The molecule has 0 amide bonds. The summed E-state index contributed by atoms with van der Waals surface area (Å²) in [6, 6.07) is 15.4. The van der Waals surface area contributed by atoms with Crippen LogP contribution in [0.15, 0.2) is 66.1 Å². The highest BCUT2D eigenvalue weighted by Gasteiger charge is 2.37. The monoisotopic (exact) mass is 516 g/mol. The van der Waals surface area contributed by atoms with E-state index in [1.54, 1.807) is 14.2 Å². The van der Waals surface area contributed by atoms with Crippen molar-refractivity contribution in [3.05, 3.63) is 88.4 Å². The smallest absolute Gasteiger partial charge is 0.158 e. The van der Waals surface area contributed by atoms with Gasteiger partial charge >= 0.3 is 0 Å². The molecule has 3 aliphatic rings. The van der Waals surface area contributed by atoms with Crippen molar-refractivity contribution in [3.63, 3.8) is 0 Å². The topological polar surface area (TPSA) is 45.2 Å². The Bertz CT molecular complexity index is 1130. The van der Waals surface area contributed by atoms with Crippen molar-refractivity contribution in [2.24, 2.45) is 11.8 Å². The molecule has 1 saturated heterocycles. The fourth-order valence-corrected chi connectivity index (χ4v) is 6.67. The Balaban J connectivity index is 1.32. The maximum absolute atomic E-state index is 9.95. The van der Waals surface area contributed by atoms with Gasteiger partial charge in [-0.15, -0.1) is 0 Å². The first-order valence-electron chi connectivity index (χ1n) is 14.4. The third kappa shape index (κ3) is 6.10. The molecule has 0 aromatic heterocycles. The zero-order chi connectivity index (χ0) is 26.5. The lowest BCUT2D eigenvalue weighted by Crippen LogP contribution is -2.44. The summed E-state index contributed by atoms with van der Waals surface area (Å²) in [7, 11) is 3.47. The van der Waals surface area contributed by atoms with Gasteiger partial charge in [0.15, 0.2) is 11.5 Å². The number of rotatable bonds is 10. The molecule has 2 aromatic carbocycles. The Morgan fingerprint density at radius 2 is 1.63 bits per heavy atom. The van der Waals surface area contributed by atoms with Crippen molar-refractivity contribution in [2.45, 2.75) is 58.0 Å². The number of likely N-dealkylation sites (tertiary alicyclic amines) is 1. The largest absolute Gasteiger partial charge is 0.508 e. The van der Waals surface area contributed by atoms with Crippen LogP contribution in [-0.2, 0) is 35.3 Å². The second kappa shape index (κ2) is 12.4. The predicted molar refractivity (Wildman–Crippen MR) is 153 cm³/mol. The molecule has 204 valence electrons. The number of nitrogens with zero attached hydrogens (tertiary/aromatic N) is 2. The van der Waals surface area contributed by atoms with Crippen LogP contribution < -0.4 is 0 Å². The predicted octanol–water partition coefficient (Wildman–Crippen LogP) is 5.72. The highest BCUT2D eigenvalue weighted by atomic mass is 16.5. The second-order valence-corrected chi connectivity index (χ2v) is 11.2. The second-order valence-electron chi connectivity index (χ2n) is 11.2. The summed E-state index contributed by atoms with van der Waals surface area (Å²) >= 11 is 0. The van der Waals surface area contributed by atoms with E-state index >= 15 is 0 Å². The average molecular weight is 517 g/mol. The van der Waals surface area contributed by atoms with Crippen LogP contribution in [0.25, 0.3) is 0 Å². The maximum Gasteiger partial charge on any atom is 0.158 e. The molecule has 5 rings (SSSR count). The molecular formula is C33H44N2O3. The number of hydrogen-bond acceptors (Lipinski definition) is 5. The van der Waals surface area contributed by atoms with E-state index in [1.165, 1.54) is 54.7 Å². The molecule has 1 heterocycles. The number of aromatic hydroxyl groups is 1. The van der Waals surface area contributed by atoms with Crippen molar-refractivity contribution >= 4 is 0 Å². The molecule has 0 radical (unpaired) electrons. The number of hydrogen-bond donors (Lipinski definition) is 1. The molecule has 5 heteroatoms. The first-order chi connectivity index (χ1) is 18.6. The minimum absolute atomic E-state index is 0.229. The van der Waals surface area contributed by atoms with Crippen LogP contribution >= 0.6 is 0 Å². The Kier molecular flexibility index (Phi) is 8.75. The lowest BCUT2D eigenvalue weighted by molar-refractivity contribution is 0.132. The van der Waals surface area contributed by atoms with Gasteiger partial charge < -0.3 is 19.5 Å². The number of likely N-dealkylation sites (N-methyl/N-ethyl adjacent to an activating group) is 1. The quantitative estimate of drug-likeness (QED) is 0.438. The van der Waals surface area contributed by atoms with E-state index in [-0.39, 0.29) is 6.04 Å². The van der Waals surface area contributed by atoms with Crippen molar-refractivity contribution in [3.8, 4) is 5.75 Å². The summed E-state index contributed by atoms with van der Waals surface area (Å²) in [6.45, 7) is 7.82. The van der Waals surface area contributed by atoms with Gasteiger partial charge in [0.25, 0.3) is 0 Å². The van der Waals surface area contributed by atoms with Gasteiger partial charge in [-0.3, -0.25) is 4.90 Å². The van der Waals surface area contributed by atoms with Gasteiger partial charge in [0.05, 0.1) is 14.2 Å². The van der Waals surface area contributed by atoms with Gasteiger partial charge in [0, 0.05) is 25.0 Å².